The van der Waals surface area contributed by atoms with Crippen molar-refractivity contribution < 1.29 is 0 Å². The minimum Gasteiger partial charge on any atom is -0.330 e. The fourth-order valence-electron chi connectivity index (χ4n) is 0.873. The molecule has 1 heteroatoms. The van der Waals surface area contributed by atoms with E-state index in [0.717, 1.165) is 6.42 Å². The molecule has 0 saturated heterocycles. The topological polar surface area (TPSA) is 26.0 Å². The van der Waals surface area contributed by atoms with E-state index in [1.807, 2.05) is 0 Å². The lowest BCUT2D eigenvalue weighted by molar-refractivity contribution is 0.485. The van der Waals surface area contributed by atoms with Crippen molar-refractivity contribution in [2.45, 2.75) is 27.2 Å². The number of hydrogen-bond donors (Lipinski definition) is 1. The fourth-order valence-corrected chi connectivity index (χ4v) is 0.873. The van der Waals surface area contributed by atoms with E-state index >= 15 is 0 Å². The van der Waals surface area contributed by atoms with Gasteiger partial charge in [0.25, 0.3) is 0 Å². The van der Waals surface area contributed by atoms with Gasteiger partial charge < -0.3 is 5.73 Å². The van der Waals surface area contributed by atoms with E-state index in [-0.39, 0.29) is 5.41 Å². The highest BCUT2D eigenvalue weighted by Crippen LogP contribution is 2.25. The quantitative estimate of drug-likeness (QED) is 0.582. The van der Waals surface area contributed by atoms with Crippen LogP contribution < -0.4 is 5.73 Å². The van der Waals surface area contributed by atoms with E-state index in [2.05, 4.69) is 33.1 Å². The van der Waals surface area contributed by atoms with Gasteiger partial charge in [-0.1, -0.05) is 27.4 Å². The molecule has 0 aliphatic rings. The van der Waals surface area contributed by atoms with Gasteiger partial charge in [-0.25, -0.2) is 0 Å². The zero-order chi connectivity index (χ0) is 8.20. The summed E-state index contributed by atoms with van der Waals surface area (Å²) < 4.78 is 0. The predicted octanol–water partition coefficient (Wildman–Crippen LogP) is 2.09. The molecule has 0 bridgehead atoms. The van der Waals surface area contributed by atoms with Crippen molar-refractivity contribution in [3.8, 4) is 0 Å². The Morgan fingerprint density at radius 1 is 1.50 bits per heavy atom. The van der Waals surface area contributed by atoms with Crippen molar-refractivity contribution in [1.82, 2.24) is 0 Å². The third-order valence-electron chi connectivity index (χ3n) is 1.51. The molecule has 0 aromatic rings. The van der Waals surface area contributed by atoms with Gasteiger partial charge in [0.1, 0.15) is 0 Å². The van der Waals surface area contributed by atoms with Crippen LogP contribution in [0.5, 0.6) is 0 Å². The Hall–Kier alpha value is -0.520. The van der Waals surface area contributed by atoms with E-state index < -0.39 is 0 Å². The summed E-state index contributed by atoms with van der Waals surface area (Å²) in [6.07, 6.45) is 0.910. The van der Waals surface area contributed by atoms with Crippen LogP contribution in [0.15, 0.2) is 17.9 Å². The molecule has 0 amide bonds. The molecule has 0 aromatic carbocycles. The van der Waals surface area contributed by atoms with Crippen LogP contribution in [0.4, 0.5) is 0 Å². The smallest absolute Gasteiger partial charge is 0.00336 e. The molecule has 0 aliphatic carbocycles. The van der Waals surface area contributed by atoms with Crippen molar-refractivity contribution in [2.24, 2.45) is 11.1 Å². The molecule has 0 aromatic heterocycles. The first kappa shape index (κ1) is 9.48. The average molecular weight is 139 g/mol. The standard InChI is InChI=1S/C9H17N/c1-5-8(6-7-10)9(2,3)4/h1,6-7,10H2,2-4H3. The Morgan fingerprint density at radius 2 is 2.00 bits per heavy atom. The van der Waals surface area contributed by atoms with E-state index in [9.17, 15) is 0 Å². The second-order valence-electron chi connectivity index (χ2n) is 3.44. The molecule has 0 rings (SSSR count). The van der Waals surface area contributed by atoms with E-state index in [1.54, 1.807) is 0 Å². The molecule has 2 N–H and O–H groups in total. The Balaban J connectivity index is 4.24. The minimum atomic E-state index is 0.182. The highest BCUT2D eigenvalue weighted by atomic mass is 14.5. The van der Waals surface area contributed by atoms with Crippen molar-refractivity contribution in [2.75, 3.05) is 6.54 Å². The van der Waals surface area contributed by atoms with Gasteiger partial charge in [0.2, 0.25) is 0 Å². The van der Waals surface area contributed by atoms with Crippen LogP contribution in [0.2, 0.25) is 0 Å². The average Bonchev–Trinajstić information content (AvgIpc) is 1.80. The third kappa shape index (κ3) is 2.86. The van der Waals surface area contributed by atoms with Crippen LogP contribution in [0, 0.1) is 5.41 Å². The molecule has 0 radical (unpaired) electrons. The molecule has 10 heavy (non-hydrogen) atoms. The van der Waals surface area contributed by atoms with Gasteiger partial charge in [-0.15, -0.1) is 5.73 Å². The Labute approximate surface area is 63.6 Å². The first-order chi connectivity index (χ1) is 4.52. The minimum absolute atomic E-state index is 0.182. The van der Waals surface area contributed by atoms with Gasteiger partial charge in [-0.05, 0) is 24.0 Å². The Bertz CT molecular complexity index is 145. The molecule has 0 aliphatic heterocycles. The van der Waals surface area contributed by atoms with Crippen LogP contribution in [0.3, 0.4) is 0 Å². The summed E-state index contributed by atoms with van der Waals surface area (Å²) in [6.45, 7) is 10.8. The summed E-state index contributed by atoms with van der Waals surface area (Å²) in [6, 6.07) is 0. The molecule has 0 unspecified atom stereocenters. The highest BCUT2D eigenvalue weighted by molar-refractivity contribution is 5.08. The molecule has 0 fully saturated rings. The summed E-state index contributed by atoms with van der Waals surface area (Å²) in [5.74, 6) is 0. The van der Waals surface area contributed by atoms with Crippen LogP contribution >= 0.6 is 0 Å². The summed E-state index contributed by atoms with van der Waals surface area (Å²) in [7, 11) is 0. The number of hydrogen-bond acceptors (Lipinski definition) is 1. The van der Waals surface area contributed by atoms with E-state index in [4.69, 9.17) is 5.73 Å². The lowest BCUT2D eigenvalue weighted by atomic mass is 9.85. The van der Waals surface area contributed by atoms with Crippen molar-refractivity contribution in [3.63, 3.8) is 0 Å². The zero-order valence-electron chi connectivity index (χ0n) is 7.20. The molecule has 0 heterocycles. The van der Waals surface area contributed by atoms with Gasteiger partial charge >= 0.3 is 0 Å². The van der Waals surface area contributed by atoms with Crippen molar-refractivity contribution in [1.29, 1.82) is 0 Å². The van der Waals surface area contributed by atoms with Gasteiger partial charge in [0.05, 0.1) is 0 Å². The Morgan fingerprint density at radius 3 is 2.10 bits per heavy atom. The zero-order valence-corrected chi connectivity index (χ0v) is 7.20. The van der Waals surface area contributed by atoms with Crippen molar-refractivity contribution in [3.05, 3.63) is 17.9 Å². The number of rotatable bonds is 2. The molecule has 0 atom stereocenters. The second kappa shape index (κ2) is 3.60. The lowest BCUT2D eigenvalue weighted by Crippen LogP contribution is -2.12. The van der Waals surface area contributed by atoms with E-state index in [1.165, 1.54) is 5.57 Å². The summed E-state index contributed by atoms with van der Waals surface area (Å²) in [5.41, 5.74) is 9.74. The normalized spacial score (nSPS) is 10.8. The first-order valence-corrected chi connectivity index (χ1v) is 3.62. The maximum absolute atomic E-state index is 5.41. The predicted molar refractivity (Wildman–Crippen MR) is 45.8 cm³/mol. The molecular formula is C9H17N. The SMILES string of the molecule is C=C=C(CCN)C(C)(C)C. The summed E-state index contributed by atoms with van der Waals surface area (Å²) in [5, 5.41) is 0. The monoisotopic (exact) mass is 139 g/mol. The van der Waals surface area contributed by atoms with Crippen molar-refractivity contribution >= 4 is 0 Å². The molecular weight excluding hydrogens is 122 g/mol. The lowest BCUT2D eigenvalue weighted by Gasteiger charge is -2.20. The highest BCUT2D eigenvalue weighted by Gasteiger charge is 2.14. The van der Waals surface area contributed by atoms with E-state index in [0.29, 0.717) is 6.54 Å². The van der Waals surface area contributed by atoms with Gasteiger partial charge in [-0.2, -0.15) is 0 Å². The molecule has 58 valence electrons. The maximum Gasteiger partial charge on any atom is -0.00336 e. The number of nitrogens with two attached hydrogens (primary N) is 1. The second-order valence-corrected chi connectivity index (χ2v) is 3.44. The van der Waals surface area contributed by atoms with Crippen LogP contribution in [0.25, 0.3) is 0 Å². The van der Waals surface area contributed by atoms with Gasteiger partial charge in [0.15, 0.2) is 0 Å². The maximum atomic E-state index is 5.41. The third-order valence-corrected chi connectivity index (χ3v) is 1.51. The largest absolute Gasteiger partial charge is 0.330 e. The summed E-state index contributed by atoms with van der Waals surface area (Å²) >= 11 is 0. The molecule has 1 nitrogen and oxygen atoms in total. The van der Waals surface area contributed by atoms with Crippen LogP contribution in [0.1, 0.15) is 27.2 Å². The van der Waals surface area contributed by atoms with Gasteiger partial charge in [0, 0.05) is 0 Å². The first-order valence-electron chi connectivity index (χ1n) is 3.62. The molecule has 0 spiro atoms. The van der Waals surface area contributed by atoms with Crippen LogP contribution in [-0.2, 0) is 0 Å². The summed E-state index contributed by atoms with van der Waals surface area (Å²) in [4.78, 5) is 0. The Kier molecular flexibility index (Phi) is 3.41. The molecule has 0 saturated carbocycles. The van der Waals surface area contributed by atoms with Gasteiger partial charge in [-0.3, -0.25) is 0 Å². The fraction of sp³-hybridized carbons (Fsp3) is 0.667. The van der Waals surface area contributed by atoms with Crippen LogP contribution in [-0.4, -0.2) is 6.54 Å².